The summed E-state index contributed by atoms with van der Waals surface area (Å²) in [5.74, 6) is 1.71. The van der Waals surface area contributed by atoms with Gasteiger partial charge in [0.15, 0.2) is 0 Å². The number of anilines is 1. The molecule has 5 nitrogen and oxygen atoms in total. The summed E-state index contributed by atoms with van der Waals surface area (Å²) >= 11 is 0. The third-order valence-electron chi connectivity index (χ3n) is 4.93. The SMILES string of the molecule is c1ncc(N2CC3CNCC2C3)cc1OC1CCNCC1. The number of piperidine rings is 2. The molecular weight excluding hydrogens is 264 g/mol. The van der Waals surface area contributed by atoms with Crippen molar-refractivity contribution in [2.24, 2.45) is 5.92 Å². The minimum Gasteiger partial charge on any atom is -0.489 e. The van der Waals surface area contributed by atoms with E-state index in [1.807, 2.05) is 12.4 Å². The molecular formula is C16H24N4O. The third-order valence-corrected chi connectivity index (χ3v) is 4.93. The Morgan fingerprint density at radius 3 is 2.90 bits per heavy atom. The largest absolute Gasteiger partial charge is 0.489 e. The number of fused-ring (bicyclic) bond motifs is 2. The first kappa shape index (κ1) is 13.3. The van der Waals surface area contributed by atoms with E-state index in [9.17, 15) is 0 Å². The zero-order valence-corrected chi connectivity index (χ0v) is 12.4. The van der Waals surface area contributed by atoms with E-state index in [-0.39, 0.29) is 0 Å². The van der Waals surface area contributed by atoms with Gasteiger partial charge in [-0.05, 0) is 44.8 Å². The van der Waals surface area contributed by atoms with E-state index in [4.69, 9.17) is 4.74 Å². The Balaban J connectivity index is 1.47. The van der Waals surface area contributed by atoms with E-state index in [0.717, 1.165) is 57.2 Å². The van der Waals surface area contributed by atoms with Crippen molar-refractivity contribution in [2.75, 3.05) is 37.6 Å². The fourth-order valence-electron chi connectivity index (χ4n) is 3.86. The van der Waals surface area contributed by atoms with Crippen molar-refractivity contribution in [3.05, 3.63) is 18.5 Å². The maximum absolute atomic E-state index is 6.12. The van der Waals surface area contributed by atoms with Crippen LogP contribution in [-0.4, -0.2) is 49.9 Å². The first-order chi connectivity index (χ1) is 10.4. The van der Waals surface area contributed by atoms with Crippen LogP contribution in [0.1, 0.15) is 19.3 Å². The Bertz CT molecular complexity index is 489. The number of nitrogens with one attached hydrogen (secondary N) is 2. The second-order valence-corrected chi connectivity index (χ2v) is 6.51. The molecule has 2 atom stereocenters. The Hall–Kier alpha value is -1.33. The molecule has 0 spiro atoms. The molecule has 3 fully saturated rings. The molecule has 114 valence electrons. The lowest BCUT2D eigenvalue weighted by Gasteiger charge is -2.27. The van der Waals surface area contributed by atoms with E-state index in [1.54, 1.807) is 0 Å². The molecule has 0 amide bonds. The highest BCUT2D eigenvalue weighted by Gasteiger charge is 2.35. The molecule has 2 N–H and O–H groups in total. The van der Waals surface area contributed by atoms with Crippen molar-refractivity contribution in [1.29, 1.82) is 0 Å². The smallest absolute Gasteiger partial charge is 0.140 e. The summed E-state index contributed by atoms with van der Waals surface area (Å²) in [6, 6.07) is 2.80. The van der Waals surface area contributed by atoms with Gasteiger partial charge < -0.3 is 20.3 Å². The fraction of sp³-hybridized carbons (Fsp3) is 0.688. The summed E-state index contributed by atoms with van der Waals surface area (Å²) < 4.78 is 6.12. The number of ether oxygens (including phenoxy) is 1. The number of hydrogen-bond acceptors (Lipinski definition) is 5. The molecule has 3 aliphatic heterocycles. The van der Waals surface area contributed by atoms with E-state index < -0.39 is 0 Å². The zero-order chi connectivity index (χ0) is 14.1. The summed E-state index contributed by atoms with van der Waals surface area (Å²) in [5, 5.41) is 6.90. The lowest BCUT2D eigenvalue weighted by molar-refractivity contribution is 0.162. The Morgan fingerprint density at radius 1 is 1.14 bits per heavy atom. The zero-order valence-electron chi connectivity index (χ0n) is 12.4. The van der Waals surface area contributed by atoms with Gasteiger partial charge in [0.1, 0.15) is 11.9 Å². The van der Waals surface area contributed by atoms with E-state index >= 15 is 0 Å². The molecule has 21 heavy (non-hydrogen) atoms. The monoisotopic (exact) mass is 288 g/mol. The Morgan fingerprint density at radius 2 is 2.05 bits per heavy atom. The Kier molecular flexibility index (Phi) is 3.69. The molecule has 3 saturated heterocycles. The number of nitrogens with zero attached hydrogens (tertiary/aromatic N) is 2. The molecule has 2 bridgehead atoms. The molecule has 2 unspecified atom stereocenters. The van der Waals surface area contributed by atoms with Crippen LogP contribution < -0.4 is 20.3 Å². The maximum atomic E-state index is 6.12. The third kappa shape index (κ3) is 2.85. The summed E-state index contributed by atoms with van der Waals surface area (Å²) in [7, 11) is 0. The van der Waals surface area contributed by atoms with Gasteiger partial charge in [-0.15, -0.1) is 0 Å². The van der Waals surface area contributed by atoms with Crippen LogP contribution in [0.15, 0.2) is 18.5 Å². The quantitative estimate of drug-likeness (QED) is 0.869. The first-order valence-electron chi connectivity index (χ1n) is 8.18. The van der Waals surface area contributed by atoms with Gasteiger partial charge in [0.05, 0.1) is 18.1 Å². The van der Waals surface area contributed by atoms with E-state index in [2.05, 4.69) is 26.6 Å². The summed E-state index contributed by atoms with van der Waals surface area (Å²) in [6.07, 6.45) is 7.65. The van der Waals surface area contributed by atoms with E-state index in [0.29, 0.717) is 12.1 Å². The molecule has 1 aromatic heterocycles. The van der Waals surface area contributed by atoms with Crippen LogP contribution in [0, 0.1) is 5.92 Å². The lowest BCUT2D eigenvalue weighted by atomic mass is 10.0. The van der Waals surface area contributed by atoms with Gasteiger partial charge in [0, 0.05) is 25.2 Å². The second-order valence-electron chi connectivity index (χ2n) is 6.51. The normalized spacial score (nSPS) is 29.6. The van der Waals surface area contributed by atoms with Crippen molar-refractivity contribution >= 4 is 5.69 Å². The van der Waals surface area contributed by atoms with Crippen molar-refractivity contribution < 1.29 is 4.74 Å². The van der Waals surface area contributed by atoms with Gasteiger partial charge in [-0.25, -0.2) is 0 Å². The van der Waals surface area contributed by atoms with Crippen molar-refractivity contribution in [3.63, 3.8) is 0 Å². The highest BCUT2D eigenvalue weighted by molar-refractivity contribution is 5.50. The summed E-state index contributed by atoms with van der Waals surface area (Å²) in [6.45, 7) is 5.51. The van der Waals surface area contributed by atoms with Crippen molar-refractivity contribution in [3.8, 4) is 5.75 Å². The van der Waals surface area contributed by atoms with Crippen LogP contribution in [0.25, 0.3) is 0 Å². The lowest BCUT2D eigenvalue weighted by Crippen LogP contribution is -2.39. The van der Waals surface area contributed by atoms with Crippen molar-refractivity contribution in [1.82, 2.24) is 15.6 Å². The van der Waals surface area contributed by atoms with Gasteiger partial charge in [-0.2, -0.15) is 0 Å². The van der Waals surface area contributed by atoms with E-state index in [1.165, 1.54) is 12.1 Å². The number of pyridine rings is 1. The molecule has 3 aliphatic rings. The Labute approximate surface area is 126 Å². The highest BCUT2D eigenvalue weighted by atomic mass is 16.5. The van der Waals surface area contributed by atoms with Gasteiger partial charge in [0.2, 0.25) is 0 Å². The number of rotatable bonds is 3. The van der Waals surface area contributed by atoms with Crippen molar-refractivity contribution in [2.45, 2.75) is 31.4 Å². The maximum Gasteiger partial charge on any atom is 0.140 e. The predicted octanol–water partition coefficient (Wildman–Crippen LogP) is 1.01. The van der Waals surface area contributed by atoms with Gasteiger partial charge in [-0.3, -0.25) is 4.98 Å². The predicted molar refractivity (Wildman–Crippen MR) is 82.9 cm³/mol. The molecule has 4 heterocycles. The van der Waals surface area contributed by atoms with Crippen LogP contribution in [0.4, 0.5) is 5.69 Å². The number of hydrogen-bond donors (Lipinski definition) is 2. The molecule has 0 saturated carbocycles. The van der Waals surface area contributed by atoms with Crippen LogP contribution in [-0.2, 0) is 0 Å². The molecule has 5 heteroatoms. The first-order valence-corrected chi connectivity index (χ1v) is 8.18. The van der Waals surface area contributed by atoms with Gasteiger partial charge in [-0.1, -0.05) is 0 Å². The molecule has 4 rings (SSSR count). The standard InChI is InChI=1S/C16H24N4O/c1-3-17-4-2-15(1)21-16-6-14(9-19-10-16)20-11-12-5-13(20)8-18-7-12/h6,9-10,12-13,15,17-18H,1-5,7-8,11H2. The highest BCUT2D eigenvalue weighted by Crippen LogP contribution is 2.32. The molecule has 0 aliphatic carbocycles. The second kappa shape index (κ2) is 5.81. The molecule has 0 aromatic carbocycles. The topological polar surface area (TPSA) is 49.4 Å². The average Bonchev–Trinajstić information content (AvgIpc) is 2.83. The van der Waals surface area contributed by atoms with Crippen LogP contribution >= 0.6 is 0 Å². The minimum atomic E-state index is 0.336. The molecule has 1 aromatic rings. The van der Waals surface area contributed by atoms with Gasteiger partial charge in [0.25, 0.3) is 0 Å². The van der Waals surface area contributed by atoms with Crippen LogP contribution in [0.2, 0.25) is 0 Å². The van der Waals surface area contributed by atoms with Gasteiger partial charge >= 0.3 is 0 Å². The van der Waals surface area contributed by atoms with Crippen LogP contribution in [0.3, 0.4) is 0 Å². The minimum absolute atomic E-state index is 0.336. The molecule has 0 radical (unpaired) electrons. The average molecular weight is 288 g/mol. The number of aromatic nitrogens is 1. The van der Waals surface area contributed by atoms with Crippen LogP contribution in [0.5, 0.6) is 5.75 Å². The fourth-order valence-corrected chi connectivity index (χ4v) is 3.86. The summed E-state index contributed by atoms with van der Waals surface area (Å²) in [4.78, 5) is 6.91. The summed E-state index contributed by atoms with van der Waals surface area (Å²) in [5.41, 5.74) is 1.22.